The van der Waals surface area contributed by atoms with E-state index in [9.17, 15) is 9.59 Å². The van der Waals surface area contributed by atoms with Gasteiger partial charge in [-0.2, -0.15) is 0 Å². The van der Waals surface area contributed by atoms with Gasteiger partial charge in [-0.1, -0.05) is 13.3 Å². The maximum Gasteiger partial charge on any atom is 0.338 e. The molecule has 0 saturated heterocycles. The van der Waals surface area contributed by atoms with E-state index in [1.807, 2.05) is 12.1 Å². The number of nitrogens with one attached hydrogen (secondary N) is 1. The van der Waals surface area contributed by atoms with Gasteiger partial charge in [0.2, 0.25) is 0 Å². The lowest BCUT2D eigenvalue weighted by Gasteiger charge is -2.08. The van der Waals surface area contributed by atoms with Crippen LogP contribution in [0.4, 0.5) is 5.69 Å². The SMILES string of the molecule is CCCCNc1ccc(C(=O)OCCOCCOCCOCCOCC(=O)O)cc1. The quantitative estimate of drug-likeness (QED) is 0.253. The molecule has 0 heterocycles. The van der Waals surface area contributed by atoms with Gasteiger partial charge in [-0.15, -0.1) is 0 Å². The van der Waals surface area contributed by atoms with Gasteiger partial charge < -0.3 is 34.1 Å². The van der Waals surface area contributed by atoms with Crippen LogP contribution >= 0.6 is 0 Å². The van der Waals surface area contributed by atoms with Gasteiger partial charge in [0.1, 0.15) is 13.2 Å². The highest BCUT2D eigenvalue weighted by Gasteiger charge is 2.06. The molecular weight excluding hydrogens is 394 g/mol. The molecule has 1 aromatic rings. The Morgan fingerprint density at radius 3 is 1.90 bits per heavy atom. The Bertz CT molecular complexity index is 579. The first-order chi connectivity index (χ1) is 14.6. The summed E-state index contributed by atoms with van der Waals surface area (Å²) in [5.74, 6) is -1.38. The summed E-state index contributed by atoms with van der Waals surface area (Å²) >= 11 is 0. The standard InChI is InChI=1S/C21H33NO8/c1-2-3-8-22-19-6-4-18(5-7-19)21(25)30-16-15-28-12-11-26-9-10-27-13-14-29-17-20(23)24/h4-7,22H,2-3,8-17H2,1H3,(H,23,24). The molecule has 0 unspecified atom stereocenters. The van der Waals surface area contributed by atoms with Crippen LogP contribution in [0.15, 0.2) is 24.3 Å². The number of ether oxygens (including phenoxy) is 5. The predicted octanol–water partition coefficient (Wildman–Crippen LogP) is 2.21. The van der Waals surface area contributed by atoms with Crippen molar-refractivity contribution >= 4 is 17.6 Å². The maximum atomic E-state index is 12.0. The molecule has 0 amide bonds. The molecule has 30 heavy (non-hydrogen) atoms. The number of esters is 1. The molecule has 9 heteroatoms. The summed E-state index contributed by atoms with van der Waals surface area (Å²) in [6.45, 7) is 5.33. The first-order valence-electron chi connectivity index (χ1n) is 10.2. The number of benzene rings is 1. The summed E-state index contributed by atoms with van der Waals surface area (Å²) in [4.78, 5) is 22.2. The van der Waals surface area contributed by atoms with Crippen molar-refractivity contribution in [1.82, 2.24) is 0 Å². The number of carboxylic acids is 1. The summed E-state index contributed by atoms with van der Waals surface area (Å²) in [6.07, 6.45) is 2.24. The van der Waals surface area contributed by atoms with Crippen molar-refractivity contribution in [2.45, 2.75) is 19.8 Å². The van der Waals surface area contributed by atoms with Crippen LogP contribution in [0.3, 0.4) is 0 Å². The molecule has 0 bridgehead atoms. The van der Waals surface area contributed by atoms with Crippen molar-refractivity contribution in [3.8, 4) is 0 Å². The monoisotopic (exact) mass is 427 g/mol. The van der Waals surface area contributed by atoms with Crippen molar-refractivity contribution in [3.63, 3.8) is 0 Å². The Labute approximate surface area is 177 Å². The predicted molar refractivity (Wildman–Crippen MR) is 111 cm³/mol. The van der Waals surface area contributed by atoms with E-state index in [-0.39, 0.29) is 25.8 Å². The summed E-state index contributed by atoms with van der Waals surface area (Å²) in [5.41, 5.74) is 1.49. The molecule has 9 nitrogen and oxygen atoms in total. The molecule has 0 aliphatic heterocycles. The van der Waals surface area contributed by atoms with Gasteiger partial charge in [0.05, 0.1) is 51.8 Å². The normalized spacial score (nSPS) is 10.7. The van der Waals surface area contributed by atoms with E-state index in [0.29, 0.717) is 45.2 Å². The Morgan fingerprint density at radius 1 is 0.833 bits per heavy atom. The highest BCUT2D eigenvalue weighted by Crippen LogP contribution is 2.10. The third kappa shape index (κ3) is 13.9. The second-order valence-electron chi connectivity index (χ2n) is 6.28. The smallest absolute Gasteiger partial charge is 0.338 e. The van der Waals surface area contributed by atoms with Crippen molar-refractivity contribution in [1.29, 1.82) is 0 Å². The fourth-order valence-corrected chi connectivity index (χ4v) is 2.23. The molecule has 2 N–H and O–H groups in total. The van der Waals surface area contributed by atoms with E-state index >= 15 is 0 Å². The van der Waals surface area contributed by atoms with Gasteiger partial charge in [0, 0.05) is 12.2 Å². The maximum absolute atomic E-state index is 12.0. The number of hydrogen-bond acceptors (Lipinski definition) is 8. The average Bonchev–Trinajstić information content (AvgIpc) is 2.74. The molecule has 0 atom stereocenters. The molecule has 0 spiro atoms. The first kappa shape index (κ1) is 25.8. The number of hydrogen-bond donors (Lipinski definition) is 2. The van der Waals surface area contributed by atoms with Crippen molar-refractivity contribution in [2.24, 2.45) is 0 Å². The Morgan fingerprint density at radius 2 is 1.37 bits per heavy atom. The van der Waals surface area contributed by atoms with Crippen molar-refractivity contribution < 1.29 is 38.4 Å². The van der Waals surface area contributed by atoms with Crippen molar-refractivity contribution in [2.75, 3.05) is 71.3 Å². The van der Waals surface area contributed by atoms with Gasteiger partial charge in [0.15, 0.2) is 0 Å². The minimum absolute atomic E-state index is 0.175. The summed E-state index contributed by atoms with van der Waals surface area (Å²) in [7, 11) is 0. The number of carboxylic acid groups (broad SMARTS) is 1. The third-order valence-electron chi connectivity index (χ3n) is 3.78. The van der Waals surface area contributed by atoms with Gasteiger partial charge in [0.25, 0.3) is 0 Å². The summed E-state index contributed by atoms with van der Waals surface area (Å²) in [5, 5.41) is 11.7. The lowest BCUT2D eigenvalue weighted by atomic mass is 10.2. The summed E-state index contributed by atoms with van der Waals surface area (Å²) < 4.78 is 25.9. The largest absolute Gasteiger partial charge is 0.480 e. The zero-order valence-corrected chi connectivity index (χ0v) is 17.6. The average molecular weight is 427 g/mol. The van der Waals surface area contributed by atoms with Crippen LogP contribution in [0.25, 0.3) is 0 Å². The molecule has 0 saturated carbocycles. The topological polar surface area (TPSA) is 113 Å². The molecule has 0 aliphatic carbocycles. The van der Waals surface area contributed by atoms with Crippen LogP contribution in [0, 0.1) is 0 Å². The molecule has 0 fully saturated rings. The molecule has 0 radical (unpaired) electrons. The van der Waals surface area contributed by atoms with E-state index in [0.717, 1.165) is 25.1 Å². The Hall–Kier alpha value is -2.20. The van der Waals surface area contributed by atoms with Crippen LogP contribution in [0.5, 0.6) is 0 Å². The fraction of sp³-hybridized carbons (Fsp3) is 0.619. The van der Waals surface area contributed by atoms with Crippen molar-refractivity contribution in [3.05, 3.63) is 29.8 Å². The fourth-order valence-electron chi connectivity index (χ4n) is 2.23. The van der Waals surface area contributed by atoms with Crippen LogP contribution < -0.4 is 5.32 Å². The Kier molecular flexibility index (Phi) is 15.2. The molecule has 170 valence electrons. The molecule has 0 aromatic heterocycles. The van der Waals surface area contributed by atoms with Gasteiger partial charge in [-0.05, 0) is 30.7 Å². The van der Waals surface area contributed by atoms with E-state index in [1.165, 1.54) is 0 Å². The molecule has 0 aliphatic rings. The van der Waals surface area contributed by atoms with Crippen LogP contribution in [-0.4, -0.2) is 83.1 Å². The van der Waals surface area contributed by atoms with E-state index in [1.54, 1.807) is 12.1 Å². The zero-order chi connectivity index (χ0) is 21.9. The zero-order valence-electron chi connectivity index (χ0n) is 17.6. The Balaban J connectivity index is 1.93. The van der Waals surface area contributed by atoms with Gasteiger partial charge >= 0.3 is 11.9 Å². The highest BCUT2D eigenvalue weighted by atomic mass is 16.6. The highest BCUT2D eigenvalue weighted by molar-refractivity contribution is 5.89. The number of anilines is 1. The van der Waals surface area contributed by atoms with E-state index in [4.69, 9.17) is 28.8 Å². The van der Waals surface area contributed by atoms with Crippen LogP contribution in [-0.2, 0) is 28.5 Å². The number of aliphatic carboxylic acids is 1. The second-order valence-corrected chi connectivity index (χ2v) is 6.28. The third-order valence-corrected chi connectivity index (χ3v) is 3.78. The number of carbonyl (C=O) groups excluding carboxylic acids is 1. The first-order valence-corrected chi connectivity index (χ1v) is 10.2. The van der Waals surface area contributed by atoms with Gasteiger partial charge in [-0.25, -0.2) is 9.59 Å². The van der Waals surface area contributed by atoms with Crippen LogP contribution in [0.2, 0.25) is 0 Å². The number of rotatable bonds is 19. The van der Waals surface area contributed by atoms with E-state index in [2.05, 4.69) is 12.2 Å². The summed E-state index contributed by atoms with van der Waals surface area (Å²) in [6, 6.07) is 7.22. The second kappa shape index (κ2) is 17.6. The molecule has 1 aromatic carbocycles. The van der Waals surface area contributed by atoms with Crippen LogP contribution in [0.1, 0.15) is 30.1 Å². The lowest BCUT2D eigenvalue weighted by Crippen LogP contribution is -2.15. The lowest BCUT2D eigenvalue weighted by molar-refractivity contribution is -0.142. The van der Waals surface area contributed by atoms with E-state index < -0.39 is 5.97 Å². The number of carbonyl (C=O) groups is 2. The van der Waals surface area contributed by atoms with Gasteiger partial charge in [-0.3, -0.25) is 0 Å². The minimum atomic E-state index is -1.00. The molecular formula is C21H33NO8. The molecule has 1 rings (SSSR count). The minimum Gasteiger partial charge on any atom is -0.480 e. The number of unbranched alkanes of at least 4 members (excludes halogenated alkanes) is 1.